The number of nitrogens with one attached hydrogen (secondary N) is 2. The maximum absolute atomic E-state index is 11.4. The Labute approximate surface area is 129 Å². The molecule has 4 N–H and O–H groups in total. The number of rotatable bonds is 6. The van der Waals surface area contributed by atoms with Crippen molar-refractivity contribution in [3.63, 3.8) is 0 Å². The minimum absolute atomic E-state index is 0.175. The number of carbonyl (C=O) groups excluding carboxylic acids is 1. The van der Waals surface area contributed by atoms with Crippen molar-refractivity contribution in [1.29, 1.82) is 0 Å². The number of alkyl carbamates (subject to hydrolysis) is 1. The van der Waals surface area contributed by atoms with Crippen LogP contribution in [-0.2, 0) is 4.74 Å². The highest BCUT2D eigenvalue weighted by Gasteiger charge is 2.20. The van der Waals surface area contributed by atoms with E-state index in [1.165, 1.54) is 12.4 Å². The van der Waals surface area contributed by atoms with Crippen molar-refractivity contribution in [2.24, 2.45) is 0 Å². The quantitative estimate of drug-likeness (QED) is 0.614. The second kappa shape index (κ2) is 7.90. The fourth-order valence-corrected chi connectivity index (χ4v) is 1.64. The highest BCUT2D eigenvalue weighted by Crippen LogP contribution is 2.17. The molecule has 0 spiro atoms. The van der Waals surface area contributed by atoms with E-state index in [9.17, 15) is 15.0 Å². The molecule has 1 aromatic rings. The van der Waals surface area contributed by atoms with E-state index < -0.39 is 23.9 Å². The molecule has 1 aromatic heterocycles. The number of amides is 1. The maximum atomic E-state index is 11.4. The van der Waals surface area contributed by atoms with Gasteiger partial charge in [0.1, 0.15) is 11.7 Å². The molecule has 124 valence electrons. The lowest BCUT2D eigenvalue weighted by Gasteiger charge is -2.21. The van der Waals surface area contributed by atoms with Gasteiger partial charge in [-0.05, 0) is 27.2 Å². The van der Waals surface area contributed by atoms with Crippen LogP contribution in [0.5, 0.6) is 0 Å². The van der Waals surface area contributed by atoms with Crippen molar-refractivity contribution in [3.05, 3.63) is 18.0 Å². The Balaban J connectivity index is 2.40. The Bertz CT molecular complexity index is 473. The van der Waals surface area contributed by atoms with Gasteiger partial charge in [-0.1, -0.05) is 0 Å². The summed E-state index contributed by atoms with van der Waals surface area (Å²) in [5.74, 6) is 0.428. The molecule has 0 radical (unpaired) electrons. The van der Waals surface area contributed by atoms with Gasteiger partial charge in [0.05, 0.1) is 6.10 Å². The van der Waals surface area contributed by atoms with E-state index >= 15 is 0 Å². The monoisotopic (exact) mass is 312 g/mol. The minimum atomic E-state index is -1.12. The molecule has 0 saturated carbocycles. The largest absolute Gasteiger partial charge is 0.444 e. The highest BCUT2D eigenvalue weighted by molar-refractivity contribution is 5.67. The molecule has 0 aliphatic heterocycles. The van der Waals surface area contributed by atoms with Crippen LogP contribution >= 0.6 is 0 Å². The summed E-state index contributed by atoms with van der Waals surface area (Å²) in [6, 6.07) is 0. The van der Waals surface area contributed by atoms with E-state index in [2.05, 4.69) is 20.6 Å². The molecule has 8 nitrogen and oxygen atoms in total. The zero-order valence-electron chi connectivity index (χ0n) is 13.3. The molecule has 2 unspecified atom stereocenters. The van der Waals surface area contributed by atoms with Crippen LogP contribution in [0, 0.1) is 0 Å². The first-order chi connectivity index (χ1) is 10.2. The topological polar surface area (TPSA) is 117 Å². The smallest absolute Gasteiger partial charge is 0.407 e. The van der Waals surface area contributed by atoms with Crippen molar-refractivity contribution in [1.82, 2.24) is 15.3 Å². The van der Waals surface area contributed by atoms with Crippen LogP contribution < -0.4 is 10.6 Å². The van der Waals surface area contributed by atoms with E-state index in [4.69, 9.17) is 4.74 Å². The van der Waals surface area contributed by atoms with E-state index in [0.717, 1.165) is 0 Å². The number of ether oxygens (including phenoxy) is 1. The van der Waals surface area contributed by atoms with E-state index in [1.807, 2.05) is 0 Å². The molecule has 8 heteroatoms. The van der Waals surface area contributed by atoms with Crippen molar-refractivity contribution in [3.8, 4) is 0 Å². The Morgan fingerprint density at radius 1 is 1.32 bits per heavy atom. The number of hydrogen-bond acceptors (Lipinski definition) is 7. The summed E-state index contributed by atoms with van der Waals surface area (Å²) in [4.78, 5) is 19.4. The zero-order valence-corrected chi connectivity index (χ0v) is 13.3. The van der Waals surface area contributed by atoms with E-state index in [0.29, 0.717) is 11.5 Å². The number of aliphatic hydroxyl groups is 2. The predicted molar refractivity (Wildman–Crippen MR) is 81.4 cm³/mol. The molecule has 0 saturated heterocycles. The van der Waals surface area contributed by atoms with Crippen LogP contribution in [0.3, 0.4) is 0 Å². The fraction of sp³-hybridized carbons (Fsp3) is 0.643. The first kappa shape index (κ1) is 18.1. The lowest BCUT2D eigenvalue weighted by atomic mass is 10.1. The molecule has 1 rings (SSSR count). The van der Waals surface area contributed by atoms with Crippen molar-refractivity contribution in [2.75, 3.05) is 18.9 Å². The normalized spacial score (nSPS) is 14.1. The van der Waals surface area contributed by atoms with Gasteiger partial charge >= 0.3 is 6.09 Å². The molecule has 22 heavy (non-hydrogen) atoms. The summed E-state index contributed by atoms with van der Waals surface area (Å²) < 4.78 is 5.07. The summed E-state index contributed by atoms with van der Waals surface area (Å²) in [5.41, 5.74) is -0.169. The number of carbonyl (C=O) groups is 1. The minimum Gasteiger partial charge on any atom is -0.444 e. The first-order valence-electron chi connectivity index (χ1n) is 7.05. The van der Waals surface area contributed by atoms with Gasteiger partial charge in [0.2, 0.25) is 5.95 Å². The van der Waals surface area contributed by atoms with Crippen LogP contribution in [0.4, 0.5) is 10.7 Å². The third-order valence-electron chi connectivity index (χ3n) is 2.71. The second-order valence-corrected chi connectivity index (χ2v) is 5.82. The third kappa shape index (κ3) is 6.23. The van der Waals surface area contributed by atoms with Gasteiger partial charge in [-0.2, -0.15) is 0 Å². The molecule has 0 aliphatic rings. The van der Waals surface area contributed by atoms with Gasteiger partial charge in [-0.25, -0.2) is 14.8 Å². The Kier molecular flexibility index (Phi) is 6.51. The average Bonchev–Trinajstić information content (AvgIpc) is 2.44. The lowest BCUT2D eigenvalue weighted by molar-refractivity contribution is 0.0119. The maximum Gasteiger partial charge on any atom is 0.407 e. The molecule has 0 aromatic carbocycles. The lowest BCUT2D eigenvalue weighted by Crippen LogP contribution is -2.34. The van der Waals surface area contributed by atoms with Gasteiger partial charge in [0.15, 0.2) is 0 Å². The first-order valence-corrected chi connectivity index (χ1v) is 7.05. The number of hydrogen-bond donors (Lipinski definition) is 4. The molecular weight excluding hydrogens is 288 g/mol. The fourth-order valence-electron chi connectivity index (χ4n) is 1.64. The Morgan fingerprint density at radius 2 is 1.91 bits per heavy atom. The van der Waals surface area contributed by atoms with Crippen LogP contribution in [0.1, 0.15) is 38.9 Å². The highest BCUT2D eigenvalue weighted by atomic mass is 16.6. The van der Waals surface area contributed by atoms with Crippen molar-refractivity contribution in [2.45, 2.75) is 45.0 Å². The molecular formula is C14H24N4O4. The molecule has 1 heterocycles. The average molecular weight is 312 g/mol. The summed E-state index contributed by atoms with van der Waals surface area (Å²) in [5, 5.41) is 25.2. The van der Waals surface area contributed by atoms with Gasteiger partial charge in [0.25, 0.3) is 0 Å². The third-order valence-corrected chi connectivity index (χ3v) is 2.71. The SMILES string of the molecule is CNc1ncc(C(O)C(O)CCNC(=O)OC(C)(C)C)cn1. The van der Waals surface area contributed by atoms with Crippen LogP contribution in [-0.4, -0.2) is 51.6 Å². The van der Waals surface area contributed by atoms with Gasteiger partial charge in [-0.3, -0.25) is 0 Å². The van der Waals surface area contributed by atoms with Gasteiger partial charge in [0, 0.05) is 31.5 Å². The predicted octanol–water partition coefficient (Wildman–Crippen LogP) is 0.827. The zero-order chi connectivity index (χ0) is 16.8. The number of aliphatic hydroxyl groups excluding tert-OH is 2. The van der Waals surface area contributed by atoms with E-state index in [-0.39, 0.29) is 13.0 Å². The molecule has 0 aliphatic carbocycles. The van der Waals surface area contributed by atoms with Crippen LogP contribution in [0.15, 0.2) is 12.4 Å². The summed E-state index contributed by atoms with van der Waals surface area (Å²) in [6.07, 6.45) is 0.331. The summed E-state index contributed by atoms with van der Waals surface area (Å²) in [7, 11) is 1.68. The van der Waals surface area contributed by atoms with Crippen LogP contribution in [0.2, 0.25) is 0 Å². The number of nitrogens with zero attached hydrogens (tertiary/aromatic N) is 2. The second-order valence-electron chi connectivity index (χ2n) is 5.82. The van der Waals surface area contributed by atoms with Gasteiger partial charge in [-0.15, -0.1) is 0 Å². The van der Waals surface area contributed by atoms with Crippen LogP contribution in [0.25, 0.3) is 0 Å². The Morgan fingerprint density at radius 3 is 2.41 bits per heavy atom. The molecule has 0 fully saturated rings. The van der Waals surface area contributed by atoms with Crippen molar-refractivity contribution >= 4 is 12.0 Å². The van der Waals surface area contributed by atoms with E-state index in [1.54, 1.807) is 27.8 Å². The van der Waals surface area contributed by atoms with Crippen molar-refractivity contribution < 1.29 is 19.7 Å². The molecule has 1 amide bonds. The standard InChI is InChI=1S/C14H24N4O4/c1-14(2,3)22-13(21)16-6-5-10(19)11(20)9-7-17-12(15-4)18-8-9/h7-8,10-11,19-20H,5-6H2,1-4H3,(H,16,21)(H,15,17,18). The molecule has 2 atom stereocenters. The Hall–Kier alpha value is -1.93. The summed E-state index contributed by atoms with van der Waals surface area (Å²) >= 11 is 0. The number of anilines is 1. The molecule has 0 bridgehead atoms. The number of aromatic nitrogens is 2. The van der Waals surface area contributed by atoms with Gasteiger partial charge < -0.3 is 25.6 Å². The summed E-state index contributed by atoms with van der Waals surface area (Å²) in [6.45, 7) is 5.47.